The average Bonchev–Trinajstić information content (AvgIpc) is 3.18. The Kier molecular flexibility index (Phi) is 36.2. The Balaban J connectivity index is 4.66. The van der Waals surface area contributed by atoms with E-state index >= 15 is 0 Å². The van der Waals surface area contributed by atoms with Crippen molar-refractivity contribution in [3.05, 3.63) is 134 Å². The second-order valence-electron chi connectivity index (χ2n) is 14.5. The Morgan fingerprint density at radius 2 is 0.897 bits per heavy atom. The third-order valence-electron chi connectivity index (χ3n) is 8.34. The van der Waals surface area contributed by atoms with Crippen LogP contribution in [-0.2, 0) is 28.6 Å². The van der Waals surface area contributed by atoms with Gasteiger partial charge in [-0.15, -0.1) is 0 Å². The lowest BCUT2D eigenvalue weighted by atomic mass is 10.1. The molecule has 0 aliphatic rings. The van der Waals surface area contributed by atoms with Crippen LogP contribution in [0.2, 0.25) is 0 Å². The molecule has 0 fully saturated rings. The Hall–Kier alpha value is -4.53. The number of rotatable bonds is 35. The van der Waals surface area contributed by atoms with Crippen molar-refractivity contribution in [3.63, 3.8) is 0 Å². The minimum absolute atomic E-state index is 0.00984. The van der Waals surface area contributed by atoms with Crippen molar-refractivity contribution in [1.29, 1.82) is 0 Å². The molecule has 0 aliphatic heterocycles. The lowest BCUT2D eigenvalue weighted by Crippen LogP contribution is -2.50. The van der Waals surface area contributed by atoms with E-state index in [1.165, 1.54) is 0 Å². The molecule has 0 bridgehead atoms. The largest absolute Gasteiger partial charge is 0.477 e. The van der Waals surface area contributed by atoms with Crippen LogP contribution in [0.5, 0.6) is 0 Å². The van der Waals surface area contributed by atoms with Crippen LogP contribution in [0.1, 0.15) is 110 Å². The van der Waals surface area contributed by atoms with Gasteiger partial charge < -0.3 is 23.8 Å². The molecule has 0 aromatic carbocycles. The number of nitrogens with zero attached hydrogens (tertiary/aromatic N) is 1. The lowest BCUT2D eigenvalue weighted by Gasteiger charge is -2.31. The van der Waals surface area contributed by atoms with E-state index in [0.29, 0.717) is 12.8 Å². The fraction of sp³-hybridized carbons (Fsp3) is 0.500. The lowest BCUT2D eigenvalue weighted by molar-refractivity contribution is -0.887. The van der Waals surface area contributed by atoms with Crippen LogP contribution < -0.4 is 0 Å². The standard InChI is InChI=1S/C50H75NO7/c1-6-8-10-12-14-16-18-20-22-23-24-25-27-29-31-33-35-37-39-41-49(53)58-46(44-56-43-42-47(50(54)55)51(3,4)5)45-57-48(52)40-38-36-34-32-30-28-26-21-19-17-15-13-11-9-7-2/h8-11,14-17,20-22,24-26,29-32,35-38,46-47H,6-7,12-13,18-19,23,27-28,33-34,39-45H2,1-5H3/p+1/b10-8-,11-9-,16-14-,17-15-,22-20-,25-24-,26-21-,31-29-,32-30-,37-35-,38-36-. The highest BCUT2D eigenvalue weighted by Gasteiger charge is 2.31. The van der Waals surface area contributed by atoms with E-state index < -0.39 is 30.1 Å². The van der Waals surface area contributed by atoms with Crippen LogP contribution in [-0.4, -0.2) is 80.6 Å². The summed E-state index contributed by atoms with van der Waals surface area (Å²) in [5.41, 5.74) is 0. The summed E-state index contributed by atoms with van der Waals surface area (Å²) < 4.78 is 17.0. The maximum atomic E-state index is 12.7. The number of carbonyl (C=O) groups excluding carboxylic acids is 2. The maximum Gasteiger partial charge on any atom is 0.362 e. The molecule has 0 spiro atoms. The SMILES string of the molecule is CC/C=C\C/C=C\C/C=C\C/C=C\C/C=C\C/C=C\CCC(=O)OC(COCCC(C(=O)O)[N+](C)(C)C)COC(=O)C/C=C\C/C=C\C/C=C\C/C=C\C/C=C\CC. The van der Waals surface area contributed by atoms with Crippen molar-refractivity contribution in [1.82, 2.24) is 0 Å². The number of hydrogen-bond acceptors (Lipinski definition) is 6. The summed E-state index contributed by atoms with van der Waals surface area (Å²) >= 11 is 0. The minimum Gasteiger partial charge on any atom is -0.477 e. The molecule has 0 aliphatic carbocycles. The number of hydrogen-bond donors (Lipinski definition) is 1. The van der Waals surface area contributed by atoms with E-state index in [2.05, 4.69) is 123 Å². The van der Waals surface area contributed by atoms with Gasteiger partial charge in [0.05, 0.1) is 40.8 Å². The number of carboxylic acid groups (broad SMARTS) is 1. The Morgan fingerprint density at radius 3 is 1.28 bits per heavy atom. The van der Waals surface area contributed by atoms with E-state index in [9.17, 15) is 19.5 Å². The highest BCUT2D eigenvalue weighted by atomic mass is 16.6. The number of carbonyl (C=O) groups is 3. The molecule has 2 unspecified atom stereocenters. The molecule has 8 nitrogen and oxygen atoms in total. The number of ether oxygens (including phenoxy) is 3. The van der Waals surface area contributed by atoms with Gasteiger partial charge in [-0.25, -0.2) is 4.79 Å². The summed E-state index contributed by atoms with van der Waals surface area (Å²) in [6.07, 6.45) is 56.9. The van der Waals surface area contributed by atoms with E-state index in [1.807, 2.05) is 39.4 Å². The second kappa shape index (κ2) is 39.3. The Labute approximate surface area is 352 Å². The van der Waals surface area contributed by atoms with Crippen LogP contribution in [0.3, 0.4) is 0 Å². The zero-order valence-corrected chi connectivity index (χ0v) is 36.4. The summed E-state index contributed by atoms with van der Waals surface area (Å²) in [5.74, 6) is -1.76. The fourth-order valence-corrected chi connectivity index (χ4v) is 5.13. The molecule has 58 heavy (non-hydrogen) atoms. The minimum atomic E-state index is -0.905. The van der Waals surface area contributed by atoms with E-state index in [0.717, 1.165) is 64.2 Å². The molecule has 322 valence electrons. The summed E-state index contributed by atoms with van der Waals surface area (Å²) in [6, 6.07) is -0.649. The number of allylic oxidation sites excluding steroid dienone is 21. The van der Waals surface area contributed by atoms with Gasteiger partial charge in [-0.2, -0.15) is 0 Å². The molecule has 0 rings (SSSR count). The first-order valence-corrected chi connectivity index (χ1v) is 21.2. The second-order valence-corrected chi connectivity index (χ2v) is 14.5. The first-order chi connectivity index (χ1) is 28.1. The maximum absolute atomic E-state index is 12.7. The van der Waals surface area contributed by atoms with Gasteiger partial charge in [0, 0.05) is 12.8 Å². The van der Waals surface area contributed by atoms with Crippen LogP contribution in [0, 0.1) is 0 Å². The molecule has 1 N–H and O–H groups in total. The quantitative estimate of drug-likeness (QED) is 0.0295. The monoisotopic (exact) mass is 803 g/mol. The van der Waals surface area contributed by atoms with E-state index in [4.69, 9.17) is 14.2 Å². The van der Waals surface area contributed by atoms with E-state index in [1.54, 1.807) is 6.08 Å². The molecular weight excluding hydrogens is 727 g/mol. The molecule has 0 heterocycles. The van der Waals surface area contributed by atoms with E-state index in [-0.39, 0.29) is 43.6 Å². The number of quaternary nitrogens is 1. The van der Waals surface area contributed by atoms with Crippen LogP contribution >= 0.6 is 0 Å². The number of aliphatic carboxylic acids is 1. The molecule has 8 heteroatoms. The van der Waals surface area contributed by atoms with Gasteiger partial charge in [-0.1, -0.05) is 148 Å². The van der Waals surface area contributed by atoms with Crippen molar-refractivity contribution in [2.24, 2.45) is 0 Å². The molecule has 0 amide bonds. The van der Waals surface area contributed by atoms with Crippen molar-refractivity contribution in [2.75, 3.05) is 41.0 Å². The van der Waals surface area contributed by atoms with Crippen molar-refractivity contribution >= 4 is 17.9 Å². The summed E-state index contributed by atoms with van der Waals surface area (Å²) in [4.78, 5) is 36.9. The zero-order chi connectivity index (χ0) is 42.8. The van der Waals surface area contributed by atoms with Crippen molar-refractivity contribution < 1.29 is 38.2 Å². The van der Waals surface area contributed by atoms with Crippen molar-refractivity contribution in [3.8, 4) is 0 Å². The molecule has 2 atom stereocenters. The first kappa shape index (κ1) is 53.5. The highest BCUT2D eigenvalue weighted by Crippen LogP contribution is 2.10. The van der Waals surface area contributed by atoms with Crippen molar-refractivity contribution in [2.45, 2.75) is 122 Å². The fourth-order valence-electron chi connectivity index (χ4n) is 5.13. The highest BCUT2D eigenvalue weighted by molar-refractivity contribution is 5.72. The number of carboxylic acids is 1. The number of likely N-dealkylation sites (N-methyl/N-ethyl adjacent to an activating group) is 1. The predicted molar refractivity (Wildman–Crippen MR) is 242 cm³/mol. The predicted octanol–water partition coefficient (Wildman–Crippen LogP) is 11.6. The summed E-state index contributed by atoms with van der Waals surface area (Å²) in [6.45, 7) is 4.28. The smallest absolute Gasteiger partial charge is 0.362 e. The van der Waals surface area contributed by atoms with Crippen LogP contribution in [0.4, 0.5) is 0 Å². The molecule has 0 aromatic rings. The van der Waals surface area contributed by atoms with Crippen LogP contribution in [0.15, 0.2) is 134 Å². The molecule has 0 saturated heterocycles. The molecule has 0 aromatic heterocycles. The topological polar surface area (TPSA) is 99.1 Å². The van der Waals surface area contributed by atoms with Gasteiger partial charge in [0.25, 0.3) is 0 Å². The van der Waals surface area contributed by atoms with Crippen LogP contribution in [0.25, 0.3) is 0 Å². The Bertz CT molecular complexity index is 1400. The average molecular weight is 803 g/mol. The number of esters is 2. The van der Waals surface area contributed by atoms with Gasteiger partial charge in [-0.05, 0) is 77.0 Å². The van der Waals surface area contributed by atoms with Gasteiger partial charge in [0.1, 0.15) is 6.61 Å². The first-order valence-electron chi connectivity index (χ1n) is 21.2. The van der Waals surface area contributed by atoms with Gasteiger partial charge in [0.2, 0.25) is 0 Å². The normalized spacial score (nSPS) is 14.3. The van der Waals surface area contributed by atoms with Gasteiger partial charge >= 0.3 is 17.9 Å². The summed E-state index contributed by atoms with van der Waals surface area (Å²) in [7, 11) is 5.45. The molecule has 0 saturated carbocycles. The summed E-state index contributed by atoms with van der Waals surface area (Å²) in [5, 5.41) is 9.61. The third-order valence-corrected chi connectivity index (χ3v) is 8.34. The van der Waals surface area contributed by atoms with Gasteiger partial charge in [-0.3, -0.25) is 9.59 Å². The van der Waals surface area contributed by atoms with Gasteiger partial charge in [0.15, 0.2) is 12.1 Å². The third kappa shape index (κ3) is 37.1. The Morgan fingerprint density at radius 1 is 0.517 bits per heavy atom. The molecule has 0 radical (unpaired) electrons. The zero-order valence-electron chi connectivity index (χ0n) is 36.4. The molecular formula is C50H76NO7+.